The lowest BCUT2D eigenvalue weighted by Crippen LogP contribution is -2.20. The molecule has 5 nitrogen and oxygen atoms in total. The predicted molar refractivity (Wildman–Crippen MR) is 65.5 cm³/mol. The molecule has 1 aromatic rings. The van der Waals surface area contributed by atoms with Crippen LogP contribution in [0.2, 0.25) is 0 Å². The Morgan fingerprint density at radius 1 is 1.28 bits per heavy atom. The van der Waals surface area contributed by atoms with Gasteiger partial charge in [-0.05, 0) is 17.7 Å². The number of benzene rings is 1. The highest BCUT2D eigenvalue weighted by Gasteiger charge is 2.42. The van der Waals surface area contributed by atoms with Crippen LogP contribution in [0.3, 0.4) is 0 Å². The average molecular weight is 270 g/mol. The first-order valence-corrected chi connectivity index (χ1v) is 7.32. The van der Waals surface area contributed by atoms with Gasteiger partial charge in [0.25, 0.3) is 0 Å². The molecule has 1 aromatic carbocycles. The van der Waals surface area contributed by atoms with Gasteiger partial charge in [-0.15, -0.1) is 0 Å². The summed E-state index contributed by atoms with van der Waals surface area (Å²) in [6.07, 6.45) is 0. The number of methoxy groups -OCH3 is 1. The van der Waals surface area contributed by atoms with Crippen molar-refractivity contribution in [2.45, 2.75) is 5.92 Å². The highest BCUT2D eigenvalue weighted by molar-refractivity contribution is 7.91. The van der Waals surface area contributed by atoms with Crippen LogP contribution in [0.1, 0.15) is 11.5 Å². The van der Waals surface area contributed by atoms with Crippen LogP contribution >= 0.6 is 0 Å². The highest BCUT2D eigenvalue weighted by atomic mass is 32.2. The maximum atomic E-state index is 11.6. The second kappa shape index (κ2) is 4.61. The van der Waals surface area contributed by atoms with E-state index in [2.05, 4.69) is 0 Å². The minimum atomic E-state index is -3.27. The molecule has 98 valence electrons. The topological polar surface area (TPSA) is 80.7 Å². The average Bonchev–Trinajstić information content (AvgIpc) is 2.66. The molecule has 0 amide bonds. The molecule has 0 spiro atoms. The number of hydrogen-bond acceptors (Lipinski definition) is 4. The molecular weight excluding hydrogens is 256 g/mol. The minimum absolute atomic E-state index is 0.101. The van der Waals surface area contributed by atoms with E-state index in [1.165, 1.54) is 7.11 Å². The van der Waals surface area contributed by atoms with Gasteiger partial charge in [-0.3, -0.25) is 4.79 Å². The lowest BCUT2D eigenvalue weighted by molar-refractivity contribution is -0.141. The van der Waals surface area contributed by atoms with Crippen molar-refractivity contribution in [2.24, 2.45) is 5.92 Å². The third-order valence-electron chi connectivity index (χ3n) is 3.21. The van der Waals surface area contributed by atoms with Crippen molar-refractivity contribution in [1.82, 2.24) is 0 Å². The third kappa shape index (κ3) is 2.48. The molecule has 0 aliphatic carbocycles. The zero-order valence-electron chi connectivity index (χ0n) is 9.87. The summed E-state index contributed by atoms with van der Waals surface area (Å²) in [7, 11) is -1.73. The first kappa shape index (κ1) is 12.9. The lowest BCUT2D eigenvalue weighted by Gasteiger charge is -2.14. The number of carboxylic acid groups (broad SMARTS) is 1. The monoisotopic (exact) mass is 270 g/mol. The van der Waals surface area contributed by atoms with Crippen molar-refractivity contribution >= 4 is 15.8 Å². The van der Waals surface area contributed by atoms with Crippen molar-refractivity contribution in [3.8, 4) is 5.75 Å². The van der Waals surface area contributed by atoms with Crippen LogP contribution < -0.4 is 4.74 Å². The van der Waals surface area contributed by atoms with Gasteiger partial charge in [0, 0.05) is 5.92 Å². The van der Waals surface area contributed by atoms with Gasteiger partial charge < -0.3 is 9.84 Å². The number of sulfone groups is 1. The molecule has 1 fully saturated rings. The van der Waals surface area contributed by atoms with E-state index in [0.29, 0.717) is 5.75 Å². The third-order valence-corrected chi connectivity index (χ3v) is 4.95. The molecule has 0 unspecified atom stereocenters. The number of carbonyl (C=O) groups is 1. The van der Waals surface area contributed by atoms with Gasteiger partial charge in [0.1, 0.15) is 5.75 Å². The molecule has 1 N–H and O–H groups in total. The van der Waals surface area contributed by atoms with Crippen molar-refractivity contribution < 1.29 is 23.1 Å². The Morgan fingerprint density at radius 2 is 1.89 bits per heavy atom. The molecule has 1 aliphatic rings. The second-order valence-electron chi connectivity index (χ2n) is 4.40. The minimum Gasteiger partial charge on any atom is -0.497 e. The fraction of sp³-hybridized carbons (Fsp3) is 0.417. The standard InChI is InChI=1S/C12H14O5S/c1-17-9-4-2-8(3-5-9)10-6-18(15,16)7-11(10)12(13)14/h2-5,10-11H,6-7H2,1H3,(H,13,14)/t10-,11-/m1/s1. The fourth-order valence-corrected chi connectivity index (χ4v) is 4.30. The second-order valence-corrected chi connectivity index (χ2v) is 6.56. The smallest absolute Gasteiger partial charge is 0.308 e. The molecule has 0 aromatic heterocycles. The molecule has 1 heterocycles. The summed E-state index contributed by atoms with van der Waals surface area (Å²) in [5, 5.41) is 9.09. The summed E-state index contributed by atoms with van der Waals surface area (Å²) in [6, 6.07) is 6.86. The van der Waals surface area contributed by atoms with Crippen molar-refractivity contribution in [3.05, 3.63) is 29.8 Å². The Morgan fingerprint density at radius 3 is 2.39 bits per heavy atom. The zero-order chi connectivity index (χ0) is 13.3. The molecule has 0 saturated carbocycles. The molecule has 2 atom stereocenters. The fourth-order valence-electron chi connectivity index (χ4n) is 2.27. The van der Waals surface area contributed by atoms with Crippen molar-refractivity contribution in [1.29, 1.82) is 0 Å². The summed E-state index contributed by atoms with van der Waals surface area (Å²) in [6.45, 7) is 0. The van der Waals surface area contributed by atoms with Crippen LogP contribution in [-0.2, 0) is 14.6 Å². The van der Waals surface area contributed by atoms with Crippen LogP contribution in [0, 0.1) is 5.92 Å². The Balaban J connectivity index is 2.32. The molecule has 2 rings (SSSR count). The highest BCUT2D eigenvalue weighted by Crippen LogP contribution is 2.35. The predicted octanol–water partition coefficient (Wildman–Crippen LogP) is 0.908. The zero-order valence-corrected chi connectivity index (χ0v) is 10.7. The van der Waals surface area contributed by atoms with Gasteiger partial charge >= 0.3 is 5.97 Å². The van der Waals surface area contributed by atoms with E-state index in [1.54, 1.807) is 24.3 Å². The summed E-state index contributed by atoms with van der Waals surface area (Å²) in [4.78, 5) is 11.1. The molecule has 18 heavy (non-hydrogen) atoms. The van der Waals surface area contributed by atoms with E-state index in [0.717, 1.165) is 5.56 Å². The van der Waals surface area contributed by atoms with E-state index in [4.69, 9.17) is 9.84 Å². The maximum Gasteiger partial charge on any atom is 0.308 e. The van der Waals surface area contributed by atoms with Crippen LogP contribution in [0.25, 0.3) is 0 Å². The van der Waals surface area contributed by atoms with Crippen molar-refractivity contribution in [3.63, 3.8) is 0 Å². The van der Waals surface area contributed by atoms with Gasteiger partial charge in [-0.1, -0.05) is 12.1 Å². The Hall–Kier alpha value is -1.56. The van der Waals surface area contributed by atoms with Gasteiger partial charge in [0.15, 0.2) is 9.84 Å². The normalized spacial score (nSPS) is 25.8. The number of carboxylic acids is 1. The maximum absolute atomic E-state index is 11.6. The molecule has 0 bridgehead atoms. The Labute approximate surface area is 105 Å². The number of rotatable bonds is 3. The number of ether oxygens (including phenoxy) is 1. The summed E-state index contributed by atoms with van der Waals surface area (Å²) in [5.41, 5.74) is 0.726. The largest absolute Gasteiger partial charge is 0.497 e. The molecule has 1 saturated heterocycles. The van der Waals surface area contributed by atoms with E-state index in [1.807, 2.05) is 0 Å². The van der Waals surface area contributed by atoms with E-state index < -0.39 is 27.6 Å². The summed E-state index contributed by atoms with van der Waals surface area (Å²) < 4.78 is 28.1. The van der Waals surface area contributed by atoms with E-state index >= 15 is 0 Å². The van der Waals surface area contributed by atoms with Crippen LogP contribution in [0.4, 0.5) is 0 Å². The quantitative estimate of drug-likeness (QED) is 0.883. The van der Waals surface area contributed by atoms with Crippen LogP contribution in [0.5, 0.6) is 5.75 Å². The van der Waals surface area contributed by atoms with Crippen LogP contribution in [0.15, 0.2) is 24.3 Å². The number of hydrogen-bond donors (Lipinski definition) is 1. The van der Waals surface area contributed by atoms with Gasteiger partial charge in [0.2, 0.25) is 0 Å². The first-order chi connectivity index (χ1) is 8.43. The van der Waals surface area contributed by atoms with E-state index in [-0.39, 0.29) is 11.5 Å². The van der Waals surface area contributed by atoms with Gasteiger partial charge in [-0.2, -0.15) is 0 Å². The molecule has 0 radical (unpaired) electrons. The SMILES string of the molecule is COc1ccc([C@H]2CS(=O)(=O)C[C@H]2C(=O)O)cc1. The Bertz CT molecular complexity index is 546. The molecular formula is C12H14O5S. The van der Waals surface area contributed by atoms with Gasteiger partial charge in [0.05, 0.1) is 24.5 Å². The molecule has 1 aliphatic heterocycles. The summed E-state index contributed by atoms with van der Waals surface area (Å²) in [5.74, 6) is -2.11. The van der Waals surface area contributed by atoms with Crippen LogP contribution in [-0.4, -0.2) is 38.1 Å². The molecule has 6 heteroatoms. The summed E-state index contributed by atoms with van der Waals surface area (Å²) >= 11 is 0. The van der Waals surface area contributed by atoms with Gasteiger partial charge in [-0.25, -0.2) is 8.42 Å². The lowest BCUT2D eigenvalue weighted by atomic mass is 9.89. The van der Waals surface area contributed by atoms with E-state index in [9.17, 15) is 13.2 Å². The van der Waals surface area contributed by atoms with Crippen molar-refractivity contribution in [2.75, 3.05) is 18.6 Å². The number of aliphatic carboxylic acids is 1. The Kier molecular flexibility index (Phi) is 3.30. The first-order valence-electron chi connectivity index (χ1n) is 5.50.